The number of methoxy groups -OCH3 is 1. The van der Waals surface area contributed by atoms with Crippen molar-refractivity contribution in [2.24, 2.45) is 5.92 Å². The second-order valence-corrected chi connectivity index (χ2v) is 12.7. The van der Waals surface area contributed by atoms with Gasteiger partial charge in [-0.25, -0.2) is 8.42 Å². The molecule has 0 saturated heterocycles. The molecule has 2 aromatic carbocycles. The van der Waals surface area contributed by atoms with E-state index in [-0.39, 0.29) is 45.7 Å². The zero-order chi connectivity index (χ0) is 28.2. The molecule has 39 heavy (non-hydrogen) atoms. The molecule has 2 N–H and O–H groups in total. The van der Waals surface area contributed by atoms with Crippen LogP contribution in [0.5, 0.6) is 11.5 Å². The van der Waals surface area contributed by atoms with E-state index in [1.807, 2.05) is 38.2 Å². The van der Waals surface area contributed by atoms with Crippen LogP contribution in [0.4, 0.5) is 5.69 Å². The molecule has 3 atom stereocenters. The number of aliphatic hydroxyl groups is 1. The van der Waals surface area contributed by atoms with Gasteiger partial charge in [0, 0.05) is 25.6 Å². The summed E-state index contributed by atoms with van der Waals surface area (Å²) in [4.78, 5) is 17.4. The number of nitrogens with zero attached hydrogens (tertiary/aromatic N) is 2. The second kappa shape index (κ2) is 12.4. The molecule has 1 aromatic heterocycles. The molecule has 2 heterocycles. The number of para-hydroxylation sites is 1. The van der Waals surface area contributed by atoms with Gasteiger partial charge in [0.2, 0.25) is 0 Å². The van der Waals surface area contributed by atoms with Crippen LogP contribution in [-0.2, 0) is 16.6 Å². The number of amides is 1. The Morgan fingerprint density at radius 1 is 1.21 bits per heavy atom. The van der Waals surface area contributed by atoms with E-state index in [0.717, 1.165) is 22.6 Å². The molecule has 210 valence electrons. The summed E-state index contributed by atoms with van der Waals surface area (Å²) < 4.78 is 40.7. The highest BCUT2D eigenvalue weighted by molar-refractivity contribution is 7.94. The number of ether oxygens (including phenoxy) is 2. The van der Waals surface area contributed by atoms with Crippen molar-refractivity contribution in [3.8, 4) is 11.5 Å². The number of carbonyl (C=O) groups is 1. The van der Waals surface area contributed by atoms with Gasteiger partial charge in [-0.2, -0.15) is 0 Å². The van der Waals surface area contributed by atoms with E-state index in [2.05, 4.69) is 9.62 Å². The lowest BCUT2D eigenvalue weighted by molar-refractivity contribution is 0.0344. The fraction of sp³-hybridized carbons (Fsp3) is 0.393. The van der Waals surface area contributed by atoms with Crippen LogP contribution in [-0.4, -0.2) is 75.2 Å². The molecule has 1 aliphatic rings. The summed E-state index contributed by atoms with van der Waals surface area (Å²) in [5.41, 5.74) is 1.55. The number of nitrogens with one attached hydrogen (secondary N) is 1. The van der Waals surface area contributed by atoms with Crippen molar-refractivity contribution < 1.29 is 27.8 Å². The summed E-state index contributed by atoms with van der Waals surface area (Å²) in [6.45, 7) is 5.16. The fourth-order valence-electron chi connectivity index (χ4n) is 4.57. The minimum absolute atomic E-state index is 0.114. The highest BCUT2D eigenvalue weighted by Gasteiger charge is 2.35. The number of carbonyl (C=O) groups excluding carboxylic acids is 1. The van der Waals surface area contributed by atoms with Crippen molar-refractivity contribution in [3.63, 3.8) is 0 Å². The van der Waals surface area contributed by atoms with Crippen molar-refractivity contribution in [3.05, 3.63) is 71.1 Å². The molecule has 0 aliphatic carbocycles. The van der Waals surface area contributed by atoms with Crippen molar-refractivity contribution in [2.75, 3.05) is 38.6 Å². The van der Waals surface area contributed by atoms with Gasteiger partial charge < -0.3 is 19.5 Å². The predicted molar refractivity (Wildman–Crippen MR) is 152 cm³/mol. The number of fused-ring (bicyclic) bond motifs is 1. The van der Waals surface area contributed by atoms with E-state index in [1.165, 1.54) is 6.07 Å². The summed E-state index contributed by atoms with van der Waals surface area (Å²) in [7, 11) is -0.252. The Bertz CT molecular complexity index is 1360. The number of sulfonamides is 1. The van der Waals surface area contributed by atoms with Crippen molar-refractivity contribution in [2.45, 2.75) is 36.7 Å². The molecule has 1 aliphatic heterocycles. The molecule has 0 spiro atoms. The average molecular weight is 574 g/mol. The molecule has 0 saturated carbocycles. The van der Waals surface area contributed by atoms with Crippen molar-refractivity contribution >= 4 is 33.0 Å². The minimum Gasteiger partial charge on any atom is -0.497 e. The number of benzene rings is 2. The molecule has 9 nitrogen and oxygen atoms in total. The third-order valence-electron chi connectivity index (χ3n) is 6.80. The van der Waals surface area contributed by atoms with Crippen LogP contribution < -0.4 is 14.2 Å². The molecule has 1 amide bonds. The normalized spacial score (nSPS) is 18.6. The quantitative estimate of drug-likeness (QED) is 0.379. The van der Waals surface area contributed by atoms with E-state index in [0.29, 0.717) is 19.6 Å². The monoisotopic (exact) mass is 573 g/mol. The fourth-order valence-corrected chi connectivity index (χ4v) is 6.62. The Labute approximate surface area is 234 Å². The van der Waals surface area contributed by atoms with Gasteiger partial charge in [-0.1, -0.05) is 31.2 Å². The Morgan fingerprint density at radius 2 is 1.95 bits per heavy atom. The number of thiophene rings is 1. The molecular weight excluding hydrogens is 538 g/mol. The second-order valence-electron chi connectivity index (χ2n) is 9.89. The van der Waals surface area contributed by atoms with E-state index in [9.17, 15) is 18.3 Å². The van der Waals surface area contributed by atoms with Crippen LogP contribution in [0.3, 0.4) is 0 Å². The Kier molecular flexibility index (Phi) is 9.16. The Hall–Kier alpha value is -3.12. The molecular formula is C28H35N3O6S2. The largest absolute Gasteiger partial charge is 0.497 e. The van der Waals surface area contributed by atoms with Crippen LogP contribution in [0.25, 0.3) is 0 Å². The summed E-state index contributed by atoms with van der Waals surface area (Å²) >= 11 is 1.11. The van der Waals surface area contributed by atoms with Gasteiger partial charge in [-0.3, -0.25) is 14.4 Å². The van der Waals surface area contributed by atoms with Crippen LogP contribution >= 0.6 is 11.3 Å². The van der Waals surface area contributed by atoms with Gasteiger partial charge in [0.1, 0.15) is 16.1 Å². The molecule has 4 rings (SSSR count). The van der Waals surface area contributed by atoms with Gasteiger partial charge in [0.25, 0.3) is 15.9 Å². The maximum absolute atomic E-state index is 13.6. The number of hydrogen-bond acceptors (Lipinski definition) is 8. The van der Waals surface area contributed by atoms with Crippen LogP contribution in [0.2, 0.25) is 0 Å². The maximum Gasteiger partial charge on any atom is 0.271 e. The van der Waals surface area contributed by atoms with Crippen LogP contribution in [0.15, 0.2) is 64.2 Å². The number of rotatable bonds is 10. The van der Waals surface area contributed by atoms with E-state index in [4.69, 9.17) is 9.47 Å². The van der Waals surface area contributed by atoms with Crippen molar-refractivity contribution in [1.29, 1.82) is 0 Å². The van der Waals surface area contributed by atoms with E-state index >= 15 is 0 Å². The first-order valence-electron chi connectivity index (χ1n) is 12.7. The van der Waals surface area contributed by atoms with Gasteiger partial charge >= 0.3 is 0 Å². The lowest BCUT2D eigenvalue weighted by Gasteiger charge is -2.38. The highest BCUT2D eigenvalue weighted by atomic mass is 32.2. The average Bonchev–Trinajstić information content (AvgIpc) is 3.47. The first-order valence-corrected chi connectivity index (χ1v) is 15.1. The van der Waals surface area contributed by atoms with E-state index < -0.39 is 16.1 Å². The summed E-state index contributed by atoms with van der Waals surface area (Å²) in [6, 6.07) is 15.5. The number of hydrogen-bond donors (Lipinski definition) is 2. The Morgan fingerprint density at radius 3 is 2.59 bits per heavy atom. The van der Waals surface area contributed by atoms with Gasteiger partial charge in [0.05, 0.1) is 31.0 Å². The SMILES string of the molecule is COc1ccc(CN(C)C[C@@H]2Oc3c(NS(=O)(=O)c4cccs4)cccc3C(=O)N([C@@H](C)CO)C[C@@H]2C)cc1. The highest BCUT2D eigenvalue weighted by Crippen LogP contribution is 2.36. The van der Waals surface area contributed by atoms with Crippen LogP contribution in [0.1, 0.15) is 29.8 Å². The molecule has 0 unspecified atom stereocenters. The summed E-state index contributed by atoms with van der Waals surface area (Å²) in [5.74, 6) is 0.541. The topological polar surface area (TPSA) is 108 Å². The predicted octanol–water partition coefficient (Wildman–Crippen LogP) is 3.91. The van der Waals surface area contributed by atoms with Crippen molar-refractivity contribution in [1.82, 2.24) is 9.80 Å². The zero-order valence-electron chi connectivity index (χ0n) is 22.5. The van der Waals surface area contributed by atoms with E-state index in [1.54, 1.807) is 48.6 Å². The van der Waals surface area contributed by atoms with Gasteiger partial charge in [-0.15, -0.1) is 11.3 Å². The zero-order valence-corrected chi connectivity index (χ0v) is 24.2. The van der Waals surface area contributed by atoms with Gasteiger partial charge in [0.15, 0.2) is 5.75 Å². The summed E-state index contributed by atoms with van der Waals surface area (Å²) in [6.07, 6.45) is -0.374. The standard InChI is InChI=1S/C28H35N3O6S2/c1-19-15-31(20(2)18-32)28(33)23-7-5-8-24(29-39(34,35)26-9-6-14-38-26)27(23)37-25(19)17-30(3)16-21-10-12-22(36-4)13-11-21/h5-14,19-20,25,29,32H,15-18H2,1-4H3/t19-,20-,25-/m0/s1. The number of anilines is 1. The molecule has 0 radical (unpaired) electrons. The first-order chi connectivity index (χ1) is 18.6. The first kappa shape index (κ1) is 28.9. The Balaban J connectivity index is 1.67. The number of likely N-dealkylation sites (N-methyl/N-ethyl adjacent to an activating group) is 1. The molecule has 0 bridgehead atoms. The lowest BCUT2D eigenvalue weighted by atomic mass is 9.99. The third-order valence-corrected chi connectivity index (χ3v) is 9.56. The third kappa shape index (κ3) is 6.73. The maximum atomic E-state index is 13.6. The molecule has 0 fully saturated rings. The minimum atomic E-state index is -3.87. The van der Waals surface area contributed by atoms with Gasteiger partial charge in [-0.05, 0) is 55.2 Å². The van der Waals surface area contributed by atoms with Crippen LogP contribution in [0, 0.1) is 5.92 Å². The summed E-state index contributed by atoms with van der Waals surface area (Å²) in [5, 5.41) is 11.6. The molecule has 11 heteroatoms. The lowest BCUT2D eigenvalue weighted by Crippen LogP contribution is -2.49. The number of aliphatic hydroxyl groups excluding tert-OH is 1. The molecule has 3 aromatic rings. The smallest absolute Gasteiger partial charge is 0.271 e.